The minimum absolute atomic E-state index is 0. The Morgan fingerprint density at radius 3 is 3.00 bits per heavy atom. The van der Waals surface area contributed by atoms with Gasteiger partial charge >= 0.3 is 0 Å². The minimum Gasteiger partial charge on any atom is -0.593 e. The Bertz CT molecular complexity index is 688. The van der Waals surface area contributed by atoms with E-state index in [4.69, 9.17) is 13.6 Å². The number of hydrogen-bond acceptors (Lipinski definition) is 6. The summed E-state index contributed by atoms with van der Waals surface area (Å²) >= 11 is 0. The maximum atomic E-state index is 12.2. The molecule has 0 bridgehead atoms. The van der Waals surface area contributed by atoms with Crippen LogP contribution < -0.4 is 5.01 Å². The van der Waals surface area contributed by atoms with E-state index in [1.807, 2.05) is 0 Å². The van der Waals surface area contributed by atoms with E-state index in [9.17, 15) is 9.90 Å². The smallest absolute Gasteiger partial charge is 0.245 e. The quantitative estimate of drug-likeness (QED) is 0.442. The molecular formula is C19H25N2O5Y-. The van der Waals surface area contributed by atoms with Crippen molar-refractivity contribution in [2.24, 2.45) is 0 Å². The molecule has 8 heteroatoms. The van der Waals surface area contributed by atoms with E-state index >= 15 is 0 Å². The van der Waals surface area contributed by atoms with Crippen LogP contribution >= 0.6 is 0 Å². The molecule has 1 N–H and O–H groups in total. The number of aliphatic hydroxyl groups is 1. The fraction of sp³-hybridized carbons (Fsp3) is 0.526. The van der Waals surface area contributed by atoms with E-state index in [-0.39, 0.29) is 45.3 Å². The molecule has 1 aliphatic rings. The zero-order chi connectivity index (χ0) is 18.4. The fourth-order valence-corrected chi connectivity index (χ4v) is 2.95. The Kier molecular flexibility index (Phi) is 9.19. The Labute approximate surface area is 184 Å². The van der Waals surface area contributed by atoms with Gasteiger partial charge in [-0.2, -0.15) is 11.1 Å². The van der Waals surface area contributed by atoms with Crippen molar-refractivity contribution in [3.63, 3.8) is 0 Å². The summed E-state index contributed by atoms with van der Waals surface area (Å²) in [4.78, 5) is 12.2. The van der Waals surface area contributed by atoms with Crippen molar-refractivity contribution < 1.29 is 56.2 Å². The van der Waals surface area contributed by atoms with E-state index < -0.39 is 6.10 Å². The Hall–Kier alpha value is -0.986. The first-order chi connectivity index (χ1) is 12.7. The van der Waals surface area contributed by atoms with Crippen LogP contribution in [0.1, 0.15) is 56.5 Å². The normalized spacial score (nSPS) is 15.9. The van der Waals surface area contributed by atoms with Crippen molar-refractivity contribution in [2.75, 3.05) is 18.3 Å². The molecule has 0 spiro atoms. The second-order valence-electron chi connectivity index (χ2n) is 6.41. The summed E-state index contributed by atoms with van der Waals surface area (Å²) in [5.74, 6) is 1.03. The standard InChI is InChI=1S/C19H25N2O5.Y/c1-2-3-4-7-17(22)15-11-19(26-12-15)21-18(23)8-9-20(21)14-24-13-16-6-5-10-25-16;/h5-6,11-12,17,22H,2-4,7-9,13-14H2,1H3;/q-1;. The molecule has 1 atom stereocenters. The molecular weight excluding hydrogens is 425 g/mol. The molecule has 1 fully saturated rings. The van der Waals surface area contributed by atoms with Gasteiger partial charge in [-0.15, -0.1) is 6.07 Å². The molecule has 145 valence electrons. The first-order valence-electron chi connectivity index (χ1n) is 9.06. The molecule has 1 unspecified atom stereocenters. The average molecular weight is 450 g/mol. The summed E-state index contributed by atoms with van der Waals surface area (Å²) in [6, 6.07) is 5.19. The molecule has 3 heterocycles. The van der Waals surface area contributed by atoms with Crippen LogP contribution in [0.15, 0.2) is 33.3 Å². The van der Waals surface area contributed by atoms with E-state index in [1.165, 1.54) is 11.3 Å². The number of nitrogens with zero attached hydrogens (tertiary/aromatic N) is 2. The first-order valence-corrected chi connectivity index (χ1v) is 9.06. The van der Waals surface area contributed by atoms with Crippen LogP contribution in [0.3, 0.4) is 0 Å². The van der Waals surface area contributed by atoms with Gasteiger partial charge in [-0.25, -0.2) is 5.01 Å². The number of unbranched alkanes of at least 4 members (excludes halogenated alkanes) is 2. The molecule has 0 aromatic carbocycles. The van der Waals surface area contributed by atoms with Crippen LogP contribution in [-0.2, 0) is 48.8 Å². The van der Waals surface area contributed by atoms with Crippen LogP contribution in [0.25, 0.3) is 0 Å². The van der Waals surface area contributed by atoms with Gasteiger partial charge in [-0.3, -0.25) is 4.79 Å². The van der Waals surface area contributed by atoms with Gasteiger partial charge in [0, 0.05) is 63.9 Å². The molecule has 2 aromatic heterocycles. The second kappa shape index (κ2) is 11.1. The summed E-state index contributed by atoms with van der Waals surface area (Å²) in [6.07, 6.45) is 7.80. The molecule has 3 rings (SSSR count). The Morgan fingerprint density at radius 1 is 1.41 bits per heavy atom. The fourth-order valence-electron chi connectivity index (χ4n) is 2.95. The third kappa shape index (κ3) is 5.99. The van der Waals surface area contributed by atoms with Crippen molar-refractivity contribution >= 4 is 11.8 Å². The van der Waals surface area contributed by atoms with E-state index in [0.29, 0.717) is 43.2 Å². The van der Waals surface area contributed by atoms with Gasteiger partial charge in [0.25, 0.3) is 0 Å². The molecule has 7 nitrogen and oxygen atoms in total. The van der Waals surface area contributed by atoms with Crippen molar-refractivity contribution in [1.29, 1.82) is 0 Å². The number of rotatable bonds is 10. The van der Waals surface area contributed by atoms with E-state index in [1.54, 1.807) is 23.2 Å². The maximum Gasteiger partial charge on any atom is 0.245 e. The van der Waals surface area contributed by atoms with Gasteiger partial charge in [0.05, 0.1) is 12.4 Å². The second-order valence-corrected chi connectivity index (χ2v) is 6.41. The minimum atomic E-state index is -0.573. The molecule has 0 saturated carbocycles. The topological polar surface area (TPSA) is 79.3 Å². The van der Waals surface area contributed by atoms with Gasteiger partial charge in [-0.05, 0) is 18.4 Å². The predicted molar refractivity (Wildman–Crippen MR) is 93.8 cm³/mol. The summed E-state index contributed by atoms with van der Waals surface area (Å²) in [5, 5.41) is 13.5. The molecule has 1 aliphatic heterocycles. The van der Waals surface area contributed by atoms with Crippen molar-refractivity contribution in [1.82, 2.24) is 5.01 Å². The zero-order valence-corrected chi connectivity index (χ0v) is 18.4. The van der Waals surface area contributed by atoms with E-state index in [0.717, 1.165) is 19.3 Å². The molecule has 2 aromatic rings. The third-order valence-electron chi connectivity index (χ3n) is 4.40. The third-order valence-corrected chi connectivity index (χ3v) is 4.40. The van der Waals surface area contributed by atoms with Gasteiger partial charge < -0.3 is 18.7 Å². The number of amides is 1. The predicted octanol–water partition coefficient (Wildman–Crippen LogP) is 3.41. The van der Waals surface area contributed by atoms with Crippen molar-refractivity contribution in [3.05, 3.63) is 42.0 Å². The first kappa shape index (κ1) is 22.3. The summed E-state index contributed by atoms with van der Waals surface area (Å²) in [7, 11) is 0. The maximum absolute atomic E-state index is 12.2. The van der Waals surface area contributed by atoms with Crippen LogP contribution in [0, 0.1) is 6.26 Å². The van der Waals surface area contributed by atoms with E-state index in [2.05, 4.69) is 13.2 Å². The average Bonchev–Trinajstić information content (AvgIpc) is 3.36. The largest absolute Gasteiger partial charge is 0.593 e. The molecule has 1 saturated heterocycles. The number of hydrazine groups is 1. The molecule has 0 aliphatic carbocycles. The van der Waals surface area contributed by atoms with Crippen molar-refractivity contribution in [3.8, 4) is 0 Å². The number of ether oxygens (including phenoxy) is 1. The van der Waals surface area contributed by atoms with Crippen LogP contribution in [0.5, 0.6) is 0 Å². The Morgan fingerprint density at radius 2 is 2.26 bits per heavy atom. The van der Waals surface area contributed by atoms with Crippen LogP contribution in [0.2, 0.25) is 0 Å². The van der Waals surface area contributed by atoms with Gasteiger partial charge in [0.1, 0.15) is 6.73 Å². The number of carbonyl (C=O) groups is 1. The monoisotopic (exact) mass is 450 g/mol. The van der Waals surface area contributed by atoms with Gasteiger partial charge in [0.15, 0.2) is 0 Å². The summed E-state index contributed by atoms with van der Waals surface area (Å²) < 4.78 is 16.3. The van der Waals surface area contributed by atoms with Crippen LogP contribution in [0.4, 0.5) is 5.88 Å². The van der Waals surface area contributed by atoms with Gasteiger partial charge in [0.2, 0.25) is 11.8 Å². The number of hydrogen-bond donors (Lipinski definition) is 1. The Balaban J connectivity index is 0.00000261. The summed E-state index contributed by atoms with van der Waals surface area (Å²) in [5.41, 5.74) is 0.697. The molecule has 1 radical (unpaired) electrons. The number of anilines is 1. The van der Waals surface area contributed by atoms with Crippen LogP contribution in [-0.4, -0.2) is 29.3 Å². The zero-order valence-electron chi connectivity index (χ0n) is 15.6. The number of carbonyl (C=O) groups excluding carboxylic acids is 1. The number of furan rings is 2. The SMILES string of the molecule is CCCCCC(O)c1coc(N2C(=O)CCN2COCc2cc[c-]o2)c1.[Y]. The van der Waals surface area contributed by atoms with Crippen molar-refractivity contribution in [2.45, 2.75) is 51.7 Å². The number of aliphatic hydroxyl groups excluding tert-OH is 1. The summed E-state index contributed by atoms with van der Waals surface area (Å²) in [6.45, 7) is 3.23. The molecule has 27 heavy (non-hydrogen) atoms. The molecule has 1 amide bonds. The van der Waals surface area contributed by atoms with Gasteiger partial charge in [-0.1, -0.05) is 26.2 Å².